The van der Waals surface area contributed by atoms with Crippen molar-refractivity contribution in [1.29, 1.82) is 0 Å². The number of rotatable bonds is 2. The van der Waals surface area contributed by atoms with Crippen molar-refractivity contribution < 1.29 is 27.5 Å². The Labute approximate surface area is 164 Å². The van der Waals surface area contributed by atoms with Gasteiger partial charge in [0, 0.05) is 18.1 Å². The van der Waals surface area contributed by atoms with Crippen molar-refractivity contribution in [3.8, 4) is 0 Å². The SMILES string of the molecule is COC(=O)c1cc(N2CCCCS2(=O)=O)c2ccn(C(=O)OC(C)(C)C)c2c1. The number of aromatic nitrogens is 1. The summed E-state index contributed by atoms with van der Waals surface area (Å²) in [6, 6.07) is 4.65. The summed E-state index contributed by atoms with van der Waals surface area (Å²) in [5.74, 6) is -0.571. The number of fused-ring (bicyclic) bond motifs is 1. The molecule has 0 bridgehead atoms. The molecule has 0 radical (unpaired) electrons. The lowest BCUT2D eigenvalue weighted by molar-refractivity contribution is 0.0541. The maximum atomic E-state index is 12.6. The highest BCUT2D eigenvalue weighted by Crippen LogP contribution is 2.34. The number of hydrogen-bond acceptors (Lipinski definition) is 6. The van der Waals surface area contributed by atoms with Crippen LogP contribution in [0, 0.1) is 0 Å². The monoisotopic (exact) mass is 408 g/mol. The summed E-state index contributed by atoms with van der Waals surface area (Å²) in [7, 11) is -2.25. The second-order valence-corrected chi connectivity index (χ2v) is 9.69. The van der Waals surface area contributed by atoms with Crippen LogP contribution in [0.5, 0.6) is 0 Å². The van der Waals surface area contributed by atoms with Crippen molar-refractivity contribution in [2.75, 3.05) is 23.7 Å². The Morgan fingerprint density at radius 2 is 1.86 bits per heavy atom. The Kier molecular flexibility index (Phi) is 5.14. The van der Waals surface area contributed by atoms with Crippen molar-refractivity contribution >= 4 is 38.7 Å². The van der Waals surface area contributed by atoms with Gasteiger partial charge in [0.25, 0.3) is 0 Å². The highest BCUT2D eigenvalue weighted by molar-refractivity contribution is 7.92. The second-order valence-electron chi connectivity index (χ2n) is 7.68. The number of esters is 1. The van der Waals surface area contributed by atoms with E-state index in [9.17, 15) is 18.0 Å². The van der Waals surface area contributed by atoms with E-state index in [0.29, 0.717) is 29.6 Å². The molecule has 2 heterocycles. The van der Waals surface area contributed by atoms with E-state index < -0.39 is 27.7 Å². The van der Waals surface area contributed by atoms with Gasteiger partial charge in [-0.05, 0) is 51.8 Å². The molecule has 0 saturated carbocycles. The molecule has 1 aromatic heterocycles. The molecular formula is C19H24N2O6S. The Bertz CT molecular complexity index is 1030. The summed E-state index contributed by atoms with van der Waals surface area (Å²) in [5, 5.41) is 0.545. The van der Waals surface area contributed by atoms with Crippen LogP contribution in [0.15, 0.2) is 24.4 Å². The first-order valence-electron chi connectivity index (χ1n) is 9.01. The van der Waals surface area contributed by atoms with E-state index in [1.165, 1.54) is 34.3 Å². The van der Waals surface area contributed by atoms with Crippen molar-refractivity contribution in [2.45, 2.75) is 39.2 Å². The van der Waals surface area contributed by atoms with Gasteiger partial charge in [-0.25, -0.2) is 18.0 Å². The maximum Gasteiger partial charge on any atom is 0.418 e. The van der Waals surface area contributed by atoms with Gasteiger partial charge in [0.15, 0.2) is 0 Å². The second kappa shape index (κ2) is 7.12. The summed E-state index contributed by atoms with van der Waals surface area (Å²) in [6.07, 6.45) is 2.21. The maximum absolute atomic E-state index is 12.6. The van der Waals surface area contributed by atoms with Gasteiger partial charge < -0.3 is 9.47 Å². The van der Waals surface area contributed by atoms with Crippen LogP contribution in [0.2, 0.25) is 0 Å². The molecule has 0 atom stereocenters. The number of nitrogens with zero attached hydrogens (tertiary/aromatic N) is 2. The first-order chi connectivity index (χ1) is 13.0. The minimum Gasteiger partial charge on any atom is -0.465 e. The predicted octanol–water partition coefficient (Wildman–Crippen LogP) is 3.14. The van der Waals surface area contributed by atoms with E-state index in [0.717, 1.165) is 6.42 Å². The van der Waals surface area contributed by atoms with Crippen LogP contribution in [0.3, 0.4) is 0 Å². The van der Waals surface area contributed by atoms with Crippen molar-refractivity contribution in [3.63, 3.8) is 0 Å². The number of carbonyl (C=O) groups excluding carboxylic acids is 2. The van der Waals surface area contributed by atoms with Crippen molar-refractivity contribution in [2.24, 2.45) is 0 Å². The Morgan fingerprint density at radius 1 is 1.14 bits per heavy atom. The van der Waals surface area contributed by atoms with Crippen LogP contribution in [0.25, 0.3) is 10.9 Å². The fraction of sp³-hybridized carbons (Fsp3) is 0.474. The molecule has 0 unspecified atom stereocenters. The lowest BCUT2D eigenvalue weighted by Crippen LogP contribution is -2.38. The number of carbonyl (C=O) groups is 2. The summed E-state index contributed by atoms with van der Waals surface area (Å²) < 4.78 is 38.0. The number of sulfonamides is 1. The molecule has 8 nitrogen and oxygen atoms in total. The van der Waals surface area contributed by atoms with Gasteiger partial charge in [0.1, 0.15) is 5.60 Å². The summed E-state index contributed by atoms with van der Waals surface area (Å²) in [4.78, 5) is 24.8. The highest BCUT2D eigenvalue weighted by Gasteiger charge is 2.30. The van der Waals surface area contributed by atoms with E-state index >= 15 is 0 Å². The number of benzene rings is 1. The first kappa shape index (κ1) is 20.2. The highest BCUT2D eigenvalue weighted by atomic mass is 32.2. The average molecular weight is 408 g/mol. The van der Waals surface area contributed by atoms with Crippen molar-refractivity contribution in [1.82, 2.24) is 4.57 Å². The first-order valence-corrected chi connectivity index (χ1v) is 10.6. The molecule has 1 aliphatic rings. The molecule has 2 aromatic rings. The van der Waals surface area contributed by atoms with Gasteiger partial charge in [0.05, 0.1) is 29.6 Å². The normalized spacial score (nSPS) is 16.8. The molecule has 3 rings (SSSR count). The number of hydrogen-bond donors (Lipinski definition) is 0. The lowest BCUT2D eigenvalue weighted by atomic mass is 10.1. The van der Waals surface area contributed by atoms with E-state index in [2.05, 4.69) is 0 Å². The van der Waals surface area contributed by atoms with Crippen LogP contribution < -0.4 is 4.31 Å². The summed E-state index contributed by atoms with van der Waals surface area (Å²) in [6.45, 7) is 5.58. The Balaban J connectivity index is 2.21. The molecule has 0 aliphatic carbocycles. The fourth-order valence-electron chi connectivity index (χ4n) is 3.19. The molecule has 0 spiro atoms. The zero-order valence-electron chi connectivity index (χ0n) is 16.4. The number of methoxy groups -OCH3 is 1. The number of anilines is 1. The third-order valence-electron chi connectivity index (χ3n) is 4.42. The standard InChI is InChI=1S/C19H24N2O6S/c1-19(2,3)27-18(23)20-9-7-14-15(20)11-13(17(22)26-4)12-16(14)21-8-5-6-10-28(21,24)25/h7,9,11-12H,5-6,8,10H2,1-4H3. The predicted molar refractivity (Wildman–Crippen MR) is 105 cm³/mol. The van der Waals surface area contributed by atoms with Gasteiger partial charge in [-0.2, -0.15) is 0 Å². The van der Waals surface area contributed by atoms with Gasteiger partial charge in [-0.1, -0.05) is 0 Å². The quantitative estimate of drug-likeness (QED) is 0.709. The van der Waals surface area contributed by atoms with Crippen LogP contribution >= 0.6 is 0 Å². The third kappa shape index (κ3) is 3.84. The smallest absolute Gasteiger partial charge is 0.418 e. The fourth-order valence-corrected chi connectivity index (χ4v) is 4.84. The Morgan fingerprint density at radius 3 is 2.46 bits per heavy atom. The third-order valence-corrected chi connectivity index (χ3v) is 6.27. The molecular weight excluding hydrogens is 384 g/mol. The van der Waals surface area contributed by atoms with Gasteiger partial charge in [-0.3, -0.25) is 8.87 Å². The number of ether oxygens (including phenoxy) is 2. The zero-order valence-corrected chi connectivity index (χ0v) is 17.2. The lowest BCUT2D eigenvalue weighted by Gasteiger charge is -2.29. The molecule has 9 heteroatoms. The van der Waals surface area contributed by atoms with Gasteiger partial charge >= 0.3 is 12.1 Å². The molecule has 1 fully saturated rings. The molecule has 0 amide bonds. The summed E-state index contributed by atoms with van der Waals surface area (Å²) >= 11 is 0. The van der Waals surface area contributed by atoms with E-state index in [4.69, 9.17) is 9.47 Å². The molecule has 1 aromatic carbocycles. The average Bonchev–Trinajstić information content (AvgIpc) is 3.02. The molecule has 1 aliphatic heterocycles. The van der Waals surface area contributed by atoms with Gasteiger partial charge in [-0.15, -0.1) is 0 Å². The van der Waals surface area contributed by atoms with Crippen LogP contribution in [0.4, 0.5) is 10.5 Å². The molecule has 28 heavy (non-hydrogen) atoms. The van der Waals surface area contributed by atoms with Crippen molar-refractivity contribution in [3.05, 3.63) is 30.0 Å². The van der Waals surface area contributed by atoms with Crippen LogP contribution in [-0.2, 0) is 19.5 Å². The van der Waals surface area contributed by atoms with Crippen LogP contribution in [-0.4, -0.2) is 50.1 Å². The van der Waals surface area contributed by atoms with Gasteiger partial charge in [0.2, 0.25) is 10.0 Å². The van der Waals surface area contributed by atoms with E-state index in [-0.39, 0.29) is 11.3 Å². The molecule has 152 valence electrons. The van der Waals surface area contributed by atoms with E-state index in [1.54, 1.807) is 26.8 Å². The summed E-state index contributed by atoms with van der Waals surface area (Å²) in [5.41, 5.74) is 0.203. The largest absolute Gasteiger partial charge is 0.465 e. The molecule has 1 saturated heterocycles. The molecule has 0 N–H and O–H groups in total. The minimum absolute atomic E-state index is 0.0454. The van der Waals surface area contributed by atoms with E-state index in [1.807, 2.05) is 0 Å². The van der Waals surface area contributed by atoms with Crippen LogP contribution in [0.1, 0.15) is 44.0 Å². The minimum atomic E-state index is -3.50. The Hall–Kier alpha value is -2.55. The zero-order chi connectivity index (χ0) is 20.7. The topological polar surface area (TPSA) is 94.9 Å².